The van der Waals surface area contributed by atoms with Crippen molar-refractivity contribution in [3.63, 3.8) is 0 Å². The van der Waals surface area contributed by atoms with Gasteiger partial charge in [0.25, 0.3) is 0 Å². The normalized spacial score (nSPS) is 16.5. The number of likely N-dealkylation sites (N-methyl/N-ethyl adjacent to an activating group) is 1. The SMILES string of the molecule is CCNC(=NCc1cccs1)NCCCCN1CCN(CC)CC1.I. The Morgan fingerprint density at radius 1 is 1.12 bits per heavy atom. The van der Waals surface area contributed by atoms with Gasteiger partial charge >= 0.3 is 0 Å². The number of rotatable bonds is 9. The summed E-state index contributed by atoms with van der Waals surface area (Å²) in [5, 5.41) is 8.88. The van der Waals surface area contributed by atoms with Crippen molar-refractivity contribution in [3.8, 4) is 0 Å². The molecule has 0 amide bonds. The molecule has 0 unspecified atom stereocenters. The van der Waals surface area contributed by atoms with Crippen molar-refractivity contribution in [1.82, 2.24) is 20.4 Å². The number of nitrogens with one attached hydrogen (secondary N) is 2. The van der Waals surface area contributed by atoms with E-state index in [2.05, 4.69) is 56.8 Å². The highest BCUT2D eigenvalue weighted by Gasteiger charge is 2.14. The van der Waals surface area contributed by atoms with Crippen molar-refractivity contribution in [2.24, 2.45) is 4.99 Å². The summed E-state index contributed by atoms with van der Waals surface area (Å²) in [6.07, 6.45) is 2.45. The smallest absolute Gasteiger partial charge is 0.191 e. The first-order valence-corrected chi connectivity index (χ1v) is 10.2. The lowest BCUT2D eigenvalue weighted by Gasteiger charge is -2.34. The zero-order chi connectivity index (χ0) is 17.0. The van der Waals surface area contributed by atoms with Crippen LogP contribution in [0.2, 0.25) is 0 Å². The summed E-state index contributed by atoms with van der Waals surface area (Å²) >= 11 is 1.76. The first-order valence-electron chi connectivity index (χ1n) is 9.31. The van der Waals surface area contributed by atoms with Gasteiger partial charge in [0.15, 0.2) is 5.96 Å². The van der Waals surface area contributed by atoms with Crippen LogP contribution in [0.3, 0.4) is 0 Å². The number of unbranched alkanes of at least 4 members (excludes halogenated alkanes) is 1. The Bertz CT molecular complexity index is 458. The van der Waals surface area contributed by atoms with Crippen LogP contribution in [-0.4, -0.2) is 68.1 Å². The minimum atomic E-state index is 0. The topological polar surface area (TPSA) is 42.9 Å². The largest absolute Gasteiger partial charge is 0.357 e. The van der Waals surface area contributed by atoms with E-state index in [9.17, 15) is 0 Å². The Balaban J connectivity index is 0.00000312. The van der Waals surface area contributed by atoms with E-state index >= 15 is 0 Å². The van der Waals surface area contributed by atoms with Crippen molar-refractivity contribution >= 4 is 41.3 Å². The van der Waals surface area contributed by atoms with Gasteiger partial charge in [0.05, 0.1) is 6.54 Å². The minimum Gasteiger partial charge on any atom is -0.357 e. The van der Waals surface area contributed by atoms with Crippen LogP contribution in [0, 0.1) is 0 Å². The number of piperazine rings is 1. The van der Waals surface area contributed by atoms with Gasteiger partial charge < -0.3 is 20.4 Å². The number of hydrogen-bond acceptors (Lipinski definition) is 4. The molecule has 1 aliphatic heterocycles. The molecule has 0 radical (unpaired) electrons. The van der Waals surface area contributed by atoms with Gasteiger partial charge in [-0.1, -0.05) is 13.0 Å². The summed E-state index contributed by atoms with van der Waals surface area (Å²) < 4.78 is 0. The second-order valence-corrected chi connectivity index (χ2v) is 7.22. The molecular formula is C18H34IN5S. The summed E-state index contributed by atoms with van der Waals surface area (Å²) in [5.41, 5.74) is 0. The molecule has 1 saturated heterocycles. The van der Waals surface area contributed by atoms with E-state index in [1.54, 1.807) is 11.3 Å². The molecule has 1 aromatic rings. The third kappa shape index (κ3) is 9.21. The number of hydrogen-bond donors (Lipinski definition) is 2. The average Bonchev–Trinajstić information content (AvgIpc) is 3.13. The monoisotopic (exact) mass is 479 g/mol. The highest BCUT2D eigenvalue weighted by molar-refractivity contribution is 14.0. The molecule has 1 fully saturated rings. The maximum absolute atomic E-state index is 4.65. The molecule has 0 atom stereocenters. The average molecular weight is 479 g/mol. The highest BCUT2D eigenvalue weighted by Crippen LogP contribution is 2.09. The van der Waals surface area contributed by atoms with Crippen LogP contribution < -0.4 is 10.6 Å². The molecule has 25 heavy (non-hydrogen) atoms. The van der Waals surface area contributed by atoms with Gasteiger partial charge in [-0.2, -0.15) is 0 Å². The fourth-order valence-corrected chi connectivity index (χ4v) is 3.53. The lowest BCUT2D eigenvalue weighted by molar-refractivity contribution is 0.136. The molecule has 1 aromatic heterocycles. The van der Waals surface area contributed by atoms with Crippen LogP contribution in [0.25, 0.3) is 0 Å². The first kappa shape index (κ1) is 22.7. The lowest BCUT2D eigenvalue weighted by atomic mass is 10.2. The first-order chi connectivity index (χ1) is 11.8. The van der Waals surface area contributed by atoms with Crippen molar-refractivity contribution in [2.45, 2.75) is 33.2 Å². The lowest BCUT2D eigenvalue weighted by Crippen LogP contribution is -2.46. The molecule has 0 bridgehead atoms. The summed E-state index contributed by atoms with van der Waals surface area (Å²) in [6.45, 7) is 14.3. The van der Waals surface area contributed by atoms with Crippen LogP contribution in [0.15, 0.2) is 22.5 Å². The van der Waals surface area contributed by atoms with Crippen molar-refractivity contribution < 1.29 is 0 Å². The fraction of sp³-hybridized carbons (Fsp3) is 0.722. The second kappa shape index (κ2) is 13.8. The van der Waals surface area contributed by atoms with Gasteiger partial charge in [0.1, 0.15) is 0 Å². The molecule has 0 saturated carbocycles. The van der Waals surface area contributed by atoms with E-state index in [0.717, 1.165) is 25.6 Å². The van der Waals surface area contributed by atoms with Crippen LogP contribution in [0.4, 0.5) is 0 Å². The van der Waals surface area contributed by atoms with E-state index in [0.29, 0.717) is 0 Å². The van der Waals surface area contributed by atoms with Crippen LogP contribution in [0.5, 0.6) is 0 Å². The van der Waals surface area contributed by atoms with Gasteiger partial charge in [0.2, 0.25) is 0 Å². The number of guanidine groups is 1. The number of aliphatic imine (C=N–C) groups is 1. The standard InChI is InChI=1S/C18H33N5S.HI/c1-3-19-18(21-16-17-8-7-15-24-17)20-9-5-6-10-23-13-11-22(4-2)12-14-23;/h7-8,15H,3-6,9-14,16H2,1-2H3,(H2,19,20,21);1H. The van der Waals surface area contributed by atoms with E-state index < -0.39 is 0 Å². The van der Waals surface area contributed by atoms with E-state index in [-0.39, 0.29) is 24.0 Å². The van der Waals surface area contributed by atoms with Gasteiger partial charge in [0, 0.05) is 44.1 Å². The number of thiophene rings is 1. The van der Waals surface area contributed by atoms with E-state index in [4.69, 9.17) is 0 Å². The van der Waals surface area contributed by atoms with Crippen LogP contribution in [0.1, 0.15) is 31.6 Å². The predicted octanol–water partition coefficient (Wildman–Crippen LogP) is 2.84. The van der Waals surface area contributed by atoms with Gasteiger partial charge in [-0.3, -0.25) is 0 Å². The second-order valence-electron chi connectivity index (χ2n) is 6.18. The van der Waals surface area contributed by atoms with Crippen molar-refractivity contribution in [3.05, 3.63) is 22.4 Å². The molecule has 0 spiro atoms. The third-order valence-electron chi connectivity index (χ3n) is 4.42. The Hall–Kier alpha value is -0.380. The predicted molar refractivity (Wildman–Crippen MR) is 120 cm³/mol. The van der Waals surface area contributed by atoms with Crippen molar-refractivity contribution in [1.29, 1.82) is 0 Å². The molecular weight excluding hydrogens is 445 g/mol. The molecule has 2 heterocycles. The quantitative estimate of drug-likeness (QED) is 0.248. The zero-order valence-corrected chi connectivity index (χ0v) is 18.8. The molecule has 2 rings (SSSR count). The number of halogens is 1. The zero-order valence-electron chi connectivity index (χ0n) is 15.7. The Kier molecular flexibility index (Phi) is 12.5. The third-order valence-corrected chi connectivity index (χ3v) is 5.28. The van der Waals surface area contributed by atoms with Gasteiger partial charge in [-0.15, -0.1) is 35.3 Å². The molecule has 2 N–H and O–H groups in total. The molecule has 7 heteroatoms. The molecule has 0 aromatic carbocycles. The van der Waals surface area contributed by atoms with E-state index in [1.807, 2.05) is 0 Å². The molecule has 5 nitrogen and oxygen atoms in total. The Morgan fingerprint density at radius 2 is 1.88 bits per heavy atom. The van der Waals surface area contributed by atoms with E-state index in [1.165, 1.54) is 57.0 Å². The van der Waals surface area contributed by atoms with Gasteiger partial charge in [-0.25, -0.2) is 4.99 Å². The Labute approximate surface area is 174 Å². The van der Waals surface area contributed by atoms with Crippen LogP contribution >= 0.6 is 35.3 Å². The van der Waals surface area contributed by atoms with Gasteiger partial charge in [-0.05, 0) is 44.3 Å². The maximum atomic E-state index is 4.65. The fourth-order valence-electron chi connectivity index (χ4n) is 2.90. The molecule has 0 aliphatic carbocycles. The summed E-state index contributed by atoms with van der Waals surface area (Å²) in [5.74, 6) is 0.933. The highest BCUT2D eigenvalue weighted by atomic mass is 127. The summed E-state index contributed by atoms with van der Waals surface area (Å²) in [4.78, 5) is 11.1. The molecule has 144 valence electrons. The minimum absolute atomic E-state index is 0. The Morgan fingerprint density at radius 3 is 2.52 bits per heavy atom. The number of nitrogens with zero attached hydrogens (tertiary/aromatic N) is 3. The molecule has 1 aliphatic rings. The summed E-state index contributed by atoms with van der Waals surface area (Å²) in [6, 6.07) is 4.21. The van der Waals surface area contributed by atoms with Crippen molar-refractivity contribution in [2.75, 3.05) is 52.4 Å². The summed E-state index contributed by atoms with van der Waals surface area (Å²) in [7, 11) is 0. The maximum Gasteiger partial charge on any atom is 0.191 e. The van der Waals surface area contributed by atoms with Crippen LogP contribution in [-0.2, 0) is 6.54 Å².